The molecule has 0 radical (unpaired) electrons. The maximum atomic E-state index is 10.6. The maximum Gasteiger partial charge on any atom is 0.320 e. The van der Waals surface area contributed by atoms with Gasteiger partial charge in [0.05, 0.1) is 0 Å². The van der Waals surface area contributed by atoms with Crippen LogP contribution in [0.4, 0.5) is 0 Å². The van der Waals surface area contributed by atoms with Crippen LogP contribution in [0.5, 0.6) is 0 Å². The van der Waals surface area contributed by atoms with Gasteiger partial charge in [-0.05, 0) is 36.8 Å². The molecule has 0 bridgehead atoms. The molecule has 0 aliphatic carbocycles. The smallest absolute Gasteiger partial charge is 0.320 e. The van der Waals surface area contributed by atoms with Crippen LogP contribution in [0.15, 0.2) is 30.5 Å². The van der Waals surface area contributed by atoms with E-state index < -0.39 is 36.0 Å². The highest BCUT2D eigenvalue weighted by Crippen LogP contribution is 2.18. The fraction of sp³-hybridized carbons (Fsp3) is 0.478. The second-order valence-corrected chi connectivity index (χ2v) is 8.48. The highest BCUT2D eigenvalue weighted by Gasteiger charge is 2.14. The fourth-order valence-electron chi connectivity index (χ4n) is 2.90. The Balaban J connectivity index is 0.000000545. The number of H-pyrrole nitrogens is 1. The van der Waals surface area contributed by atoms with Crippen molar-refractivity contribution < 1.29 is 31.1 Å². The van der Waals surface area contributed by atoms with E-state index in [2.05, 4.69) is 15.7 Å². The van der Waals surface area contributed by atoms with Crippen molar-refractivity contribution in [2.75, 3.05) is 6.54 Å². The van der Waals surface area contributed by atoms with Crippen molar-refractivity contribution in [1.29, 1.82) is 5.40 Å². The molecule has 0 fully saturated rings. The third kappa shape index (κ3) is 13.9. The van der Waals surface area contributed by atoms with Gasteiger partial charge in [-0.15, -0.1) is 0 Å². The average molecular weight is 510 g/mol. The van der Waals surface area contributed by atoms with Crippen molar-refractivity contribution in [3.05, 3.63) is 36.0 Å². The second kappa shape index (κ2) is 16.9. The number of carbonyl (C=O) groups is 3. The number of fused-ring (bicyclic) bond motifs is 1. The highest BCUT2D eigenvalue weighted by molar-refractivity contribution is 5.84. The molecule has 13 nitrogen and oxygen atoms in total. The summed E-state index contributed by atoms with van der Waals surface area (Å²) >= 11 is 0. The Morgan fingerprint density at radius 3 is 2.11 bits per heavy atom. The number of aromatic nitrogens is 1. The summed E-state index contributed by atoms with van der Waals surface area (Å²) in [5.74, 6) is -2.52. The summed E-state index contributed by atoms with van der Waals surface area (Å²) in [7, 11) is 0. The molecule has 3 unspecified atom stereocenters. The molecule has 14 N–H and O–H groups in total. The van der Waals surface area contributed by atoms with Gasteiger partial charge in [0.2, 0.25) is 0 Å². The molecule has 1 aromatic carbocycles. The quantitative estimate of drug-likeness (QED) is 0.111. The van der Waals surface area contributed by atoms with Gasteiger partial charge in [-0.2, -0.15) is 0 Å². The molecule has 1 heterocycles. The van der Waals surface area contributed by atoms with Gasteiger partial charge in [-0.1, -0.05) is 32.0 Å². The first-order valence-electron chi connectivity index (χ1n) is 11.8. The number of hydrogen-bond donors (Lipinski definition) is 10. The van der Waals surface area contributed by atoms with Crippen LogP contribution in [0.3, 0.4) is 0 Å². The lowest BCUT2D eigenvalue weighted by atomic mass is 10.1. The van der Waals surface area contributed by atoms with Crippen molar-refractivity contribution >= 4 is 34.8 Å². The molecule has 0 saturated heterocycles. The molecule has 0 aliphatic rings. The van der Waals surface area contributed by atoms with E-state index in [1.165, 1.54) is 0 Å². The van der Waals surface area contributed by atoms with Crippen LogP contribution in [0.25, 0.3) is 10.9 Å². The van der Waals surface area contributed by atoms with Crippen LogP contribution in [-0.4, -0.2) is 68.8 Å². The molecule has 0 spiro atoms. The number of benzene rings is 1. The van der Waals surface area contributed by atoms with E-state index in [9.17, 15) is 14.4 Å². The molecule has 3 atom stereocenters. The van der Waals surface area contributed by atoms with Crippen molar-refractivity contribution in [1.82, 2.24) is 10.3 Å². The maximum absolute atomic E-state index is 10.6. The second-order valence-electron chi connectivity index (χ2n) is 8.48. The molecule has 36 heavy (non-hydrogen) atoms. The molecule has 202 valence electrons. The molecular formula is C23H39N7O6. The summed E-state index contributed by atoms with van der Waals surface area (Å²) in [4.78, 5) is 34.1. The standard InChI is InChI=1S/C11H12N2O2.C6H14N4O2.C6H13NO2/c12-9(11(14)15)5-7-6-13-10-4-2-1-3-8(7)10;7-4(5(11)12)2-1-3-10-6(8)9;1-4(2)3-5(7)6(8)9/h1-4,6,9,13H,5,12H2,(H,14,15);4H,1-3,7H2,(H,11,12)(H4,8,9,10);4-5H,3,7H2,1-2H3,(H,8,9). The van der Waals surface area contributed by atoms with E-state index >= 15 is 0 Å². The number of para-hydroxylation sites is 1. The number of carboxylic acids is 3. The van der Waals surface area contributed by atoms with Crippen molar-refractivity contribution in [3.63, 3.8) is 0 Å². The van der Waals surface area contributed by atoms with E-state index in [-0.39, 0.29) is 5.96 Å². The molecule has 0 saturated carbocycles. The van der Waals surface area contributed by atoms with Crippen molar-refractivity contribution in [2.24, 2.45) is 28.9 Å². The molecular weight excluding hydrogens is 470 g/mol. The molecule has 0 amide bonds. The third-order valence-electron chi connectivity index (χ3n) is 4.79. The Morgan fingerprint density at radius 2 is 1.61 bits per heavy atom. The average Bonchev–Trinajstić information content (AvgIpc) is 3.24. The van der Waals surface area contributed by atoms with Gasteiger partial charge in [0.1, 0.15) is 18.1 Å². The number of aliphatic carboxylic acids is 3. The lowest BCUT2D eigenvalue weighted by Gasteiger charge is -2.07. The van der Waals surface area contributed by atoms with Gasteiger partial charge in [0.15, 0.2) is 7.37 Å². The molecule has 2 aromatic rings. The molecule has 2 rings (SSSR count). The van der Waals surface area contributed by atoms with Crippen molar-refractivity contribution in [2.45, 2.75) is 57.7 Å². The van der Waals surface area contributed by atoms with Gasteiger partial charge in [-0.25, -0.2) is 0 Å². The number of nitrogens with two attached hydrogens (primary N) is 4. The highest BCUT2D eigenvalue weighted by atomic mass is 16.4. The normalized spacial score (nSPS) is 13.8. The van der Waals surface area contributed by atoms with Crippen LogP contribution in [0, 0.1) is 11.3 Å². The summed E-state index contributed by atoms with van der Waals surface area (Å²) in [6.07, 6.45) is 3.65. The van der Waals surface area contributed by atoms with Gasteiger partial charge in [0, 0.05) is 30.1 Å². The summed E-state index contributed by atoms with van der Waals surface area (Å²) in [6.45, 7) is 4.36. The minimum atomic E-state index is -1.01. The number of rotatable bonds is 11. The SMILES string of the molecule is CC(C)CC(N)C(=O)O.NC(Cc1c[nH]c2ccccc12)C(=O)O.[H]/N=C(/N)NCCCC(N)C(=O)O. The lowest BCUT2D eigenvalue weighted by Crippen LogP contribution is -2.34. The van der Waals surface area contributed by atoms with Gasteiger partial charge >= 0.3 is 17.9 Å². The number of hydrogen-bond acceptors (Lipinski definition) is 7. The first-order chi connectivity index (χ1) is 17.3. The number of nitrogens with one attached hydrogen (secondary N) is 3. The van der Waals surface area contributed by atoms with E-state index in [1.54, 1.807) is 0 Å². The largest absolute Gasteiger partial charge is 0.480 e. The number of guanidine groups is 1. The van der Waals surface area contributed by atoms with E-state index in [4.69, 9.17) is 39.7 Å². The first kappa shape index (κ1) is 30.4. The van der Waals surface area contributed by atoms with Crippen molar-refractivity contribution in [3.8, 4) is 0 Å². The van der Waals surface area contributed by atoms with Gasteiger partial charge < -0.3 is 48.6 Å². The zero-order valence-corrected chi connectivity index (χ0v) is 20.6. The third-order valence-corrected chi connectivity index (χ3v) is 4.79. The van der Waals surface area contributed by atoms with Gasteiger partial charge in [0.25, 0.3) is 0 Å². The molecule has 1 aromatic heterocycles. The first-order valence-corrected chi connectivity index (χ1v) is 11.3. The van der Waals surface area contributed by atoms with Crippen LogP contribution in [-0.2, 0) is 20.8 Å². The Labute approximate surface area is 211 Å². The number of aromatic amines is 1. The minimum absolute atomic E-state index is 0.0175. The predicted octanol–water partition coefficient (Wildman–Crippen LogP) is 0.228. The molecule has 13 heteroatoms. The Kier molecular flexibility index (Phi) is 14.2. The van der Waals surface area contributed by atoms with Crippen LogP contribution in [0.1, 0.15) is 38.7 Å². The summed E-state index contributed by atoms with van der Waals surface area (Å²) < 4.78 is 6.48. The van der Waals surface area contributed by atoms with E-state index in [0.717, 1.165) is 16.5 Å². The summed E-state index contributed by atoms with van der Waals surface area (Å²) in [6, 6.07) is 5.39. The molecule has 0 aliphatic heterocycles. The fourth-order valence-corrected chi connectivity index (χ4v) is 2.90. The van der Waals surface area contributed by atoms with Crippen LogP contribution >= 0.6 is 0 Å². The Hall–Kier alpha value is -3.68. The summed E-state index contributed by atoms with van der Waals surface area (Å²) in [5.41, 5.74) is 23.0. The van der Waals surface area contributed by atoms with Gasteiger partial charge in [-0.3, -0.25) is 19.8 Å². The zero-order valence-electron chi connectivity index (χ0n) is 21.6. The predicted molar refractivity (Wildman–Crippen MR) is 137 cm³/mol. The van der Waals surface area contributed by atoms with Crippen LogP contribution < -0.4 is 28.3 Å². The monoisotopic (exact) mass is 509 g/mol. The number of carboxylic acid groups (broad SMARTS) is 3. The van der Waals surface area contributed by atoms with Crippen LogP contribution in [0.2, 0.25) is 1.41 Å². The summed E-state index contributed by atoms with van der Waals surface area (Å²) in [5, 5.41) is 32.0. The minimum Gasteiger partial charge on any atom is -0.480 e. The Bertz CT molecular complexity index is 1010. The van der Waals surface area contributed by atoms with E-state index in [0.29, 0.717) is 38.1 Å². The Morgan fingerprint density at radius 1 is 1.03 bits per heavy atom. The lowest BCUT2D eigenvalue weighted by molar-refractivity contribution is -0.139. The zero-order chi connectivity index (χ0) is 28.5. The van der Waals surface area contributed by atoms with E-state index in [1.807, 2.05) is 44.3 Å². The topological polar surface area (TPSA) is 268 Å².